The molecule has 0 aromatic carbocycles. The van der Waals surface area contributed by atoms with Crippen molar-refractivity contribution in [1.29, 1.82) is 0 Å². The maximum atomic E-state index is 12.5. The summed E-state index contributed by atoms with van der Waals surface area (Å²) in [7, 11) is 0. The van der Waals surface area contributed by atoms with E-state index in [-0.39, 0.29) is 12.4 Å². The van der Waals surface area contributed by atoms with Crippen molar-refractivity contribution < 1.29 is 14.3 Å². The lowest BCUT2D eigenvalue weighted by Gasteiger charge is -2.12. The van der Waals surface area contributed by atoms with Crippen LogP contribution < -0.4 is 0 Å². The molecule has 1 aliphatic rings. The van der Waals surface area contributed by atoms with Crippen LogP contribution in [0.1, 0.15) is 40.0 Å². The second kappa shape index (κ2) is 7.02. The fourth-order valence-electron chi connectivity index (χ4n) is 3.09. The second-order valence-corrected chi connectivity index (χ2v) is 9.49. The number of Topliss-reactive ketones (excluding diaryl/α,β-unsaturated/α-hetero) is 1. The van der Waals surface area contributed by atoms with E-state index < -0.39 is 15.7 Å². The van der Waals surface area contributed by atoms with Crippen molar-refractivity contribution in [2.75, 3.05) is 6.61 Å². The van der Waals surface area contributed by atoms with E-state index in [2.05, 4.69) is 16.0 Å². The SMILES string of the molecule is Cc1cc(C(=O)COC(=O)C2(C)CC2(Cl)Cl)c(C)n1CCc1cccs1. The first kappa shape index (κ1) is 19.5. The number of ketones is 1. The molecule has 7 heteroatoms. The quantitative estimate of drug-likeness (QED) is 0.374. The molecule has 1 saturated carbocycles. The predicted molar refractivity (Wildman–Crippen MR) is 104 cm³/mol. The van der Waals surface area contributed by atoms with Gasteiger partial charge in [0.2, 0.25) is 5.78 Å². The molecule has 0 N–H and O–H groups in total. The highest BCUT2D eigenvalue weighted by molar-refractivity contribution is 7.09. The Balaban J connectivity index is 1.63. The Morgan fingerprint density at radius 2 is 2.04 bits per heavy atom. The first-order chi connectivity index (χ1) is 12.2. The number of esters is 1. The minimum atomic E-state index is -1.09. The predicted octanol–water partition coefficient (Wildman–Crippen LogP) is 4.72. The largest absolute Gasteiger partial charge is 0.457 e. The van der Waals surface area contributed by atoms with Crippen LogP contribution in [0.2, 0.25) is 0 Å². The number of rotatable bonds is 7. The molecule has 140 valence electrons. The number of aryl methyl sites for hydroxylation is 2. The third-order valence-corrected chi connectivity index (χ3v) is 7.12. The van der Waals surface area contributed by atoms with Crippen molar-refractivity contribution in [2.24, 2.45) is 5.41 Å². The molecular formula is C19H21Cl2NO3S. The molecule has 3 rings (SSSR count). The van der Waals surface area contributed by atoms with Gasteiger partial charge in [0.1, 0.15) is 9.75 Å². The van der Waals surface area contributed by atoms with Gasteiger partial charge in [0.05, 0.1) is 0 Å². The van der Waals surface area contributed by atoms with Crippen LogP contribution >= 0.6 is 34.5 Å². The smallest absolute Gasteiger partial charge is 0.315 e. The van der Waals surface area contributed by atoms with Gasteiger partial charge in [-0.1, -0.05) is 6.07 Å². The molecule has 1 aliphatic carbocycles. The molecule has 2 aromatic heterocycles. The number of hydrogen-bond donors (Lipinski definition) is 0. The monoisotopic (exact) mass is 413 g/mol. The summed E-state index contributed by atoms with van der Waals surface area (Å²) in [6, 6.07) is 6.00. The van der Waals surface area contributed by atoms with Gasteiger partial charge in [0.25, 0.3) is 0 Å². The summed E-state index contributed by atoms with van der Waals surface area (Å²) in [6.45, 7) is 6.06. The maximum Gasteiger partial charge on any atom is 0.315 e. The Kier molecular flexibility index (Phi) is 5.26. The number of thiophene rings is 1. The summed E-state index contributed by atoms with van der Waals surface area (Å²) >= 11 is 13.7. The van der Waals surface area contributed by atoms with Gasteiger partial charge in [-0.25, -0.2) is 0 Å². The van der Waals surface area contributed by atoms with Crippen LogP contribution in [0.25, 0.3) is 0 Å². The van der Waals surface area contributed by atoms with E-state index in [4.69, 9.17) is 27.9 Å². The molecule has 0 radical (unpaired) electrons. The number of hydrogen-bond acceptors (Lipinski definition) is 4. The minimum Gasteiger partial charge on any atom is -0.457 e. The van der Waals surface area contributed by atoms with Crippen LogP contribution in [0.5, 0.6) is 0 Å². The number of aromatic nitrogens is 1. The van der Waals surface area contributed by atoms with Crippen molar-refractivity contribution in [3.63, 3.8) is 0 Å². The summed E-state index contributed by atoms with van der Waals surface area (Å²) in [6.07, 6.45) is 1.26. The van der Waals surface area contributed by atoms with Crippen LogP contribution in [-0.2, 0) is 22.5 Å². The summed E-state index contributed by atoms with van der Waals surface area (Å²) in [4.78, 5) is 26.0. The van der Waals surface area contributed by atoms with Gasteiger partial charge in [-0.3, -0.25) is 9.59 Å². The molecule has 0 amide bonds. The molecule has 1 unspecified atom stereocenters. The first-order valence-electron chi connectivity index (χ1n) is 8.43. The fourth-order valence-corrected chi connectivity index (χ4v) is 4.48. The average molecular weight is 414 g/mol. The molecule has 1 fully saturated rings. The number of carbonyl (C=O) groups excluding carboxylic acids is 2. The molecule has 0 spiro atoms. The van der Waals surface area contributed by atoms with Crippen LogP contribution in [0, 0.1) is 19.3 Å². The number of ether oxygens (including phenoxy) is 1. The zero-order valence-electron chi connectivity index (χ0n) is 15.0. The van der Waals surface area contributed by atoms with E-state index in [1.54, 1.807) is 18.3 Å². The molecule has 0 bridgehead atoms. The van der Waals surface area contributed by atoms with Crippen molar-refractivity contribution in [2.45, 2.75) is 44.5 Å². The van der Waals surface area contributed by atoms with Crippen LogP contribution in [0.3, 0.4) is 0 Å². The van der Waals surface area contributed by atoms with E-state index in [9.17, 15) is 9.59 Å². The Labute approximate surface area is 167 Å². The summed E-state index contributed by atoms with van der Waals surface area (Å²) in [5, 5.41) is 2.06. The zero-order chi connectivity index (χ0) is 19.1. The van der Waals surface area contributed by atoms with Gasteiger partial charge in [0.15, 0.2) is 6.61 Å². The normalized spacial score (nSPS) is 20.8. The molecule has 1 atom stereocenters. The number of alkyl halides is 2. The standard InChI is InChI=1S/C19H21Cl2NO3S/c1-12-9-15(13(2)22(12)7-6-14-5-4-8-26-14)16(23)10-25-17(24)18(3)11-19(18,20)21/h4-5,8-9H,6-7,10-11H2,1-3H3. The van der Waals surface area contributed by atoms with E-state index in [0.29, 0.717) is 12.0 Å². The Morgan fingerprint density at radius 3 is 2.62 bits per heavy atom. The fraction of sp³-hybridized carbons (Fsp3) is 0.474. The minimum absolute atomic E-state index is 0.215. The van der Waals surface area contributed by atoms with Crippen molar-refractivity contribution in [3.8, 4) is 0 Å². The number of nitrogens with zero attached hydrogens (tertiary/aromatic N) is 1. The van der Waals surface area contributed by atoms with Crippen LogP contribution in [0.15, 0.2) is 23.6 Å². The summed E-state index contributed by atoms with van der Waals surface area (Å²) in [5.74, 6) is -0.741. The van der Waals surface area contributed by atoms with Gasteiger partial charge < -0.3 is 9.30 Å². The van der Waals surface area contributed by atoms with E-state index >= 15 is 0 Å². The highest BCUT2D eigenvalue weighted by atomic mass is 35.5. The topological polar surface area (TPSA) is 48.3 Å². The lowest BCUT2D eigenvalue weighted by atomic mass is 10.1. The maximum absolute atomic E-state index is 12.5. The van der Waals surface area contributed by atoms with Crippen molar-refractivity contribution >= 4 is 46.3 Å². The lowest BCUT2D eigenvalue weighted by molar-refractivity contribution is -0.148. The third-order valence-electron chi connectivity index (χ3n) is 5.08. The molecule has 2 aromatic rings. The highest BCUT2D eigenvalue weighted by Crippen LogP contribution is 2.64. The Hall–Kier alpha value is -1.30. The van der Waals surface area contributed by atoms with E-state index in [1.165, 1.54) is 4.88 Å². The van der Waals surface area contributed by atoms with Crippen molar-refractivity contribution in [3.05, 3.63) is 45.4 Å². The van der Waals surface area contributed by atoms with Gasteiger partial charge in [-0.05, 0) is 44.7 Å². The lowest BCUT2D eigenvalue weighted by Crippen LogP contribution is -2.24. The van der Waals surface area contributed by atoms with Crippen LogP contribution in [-0.4, -0.2) is 27.3 Å². The Bertz CT molecular complexity index is 841. The van der Waals surface area contributed by atoms with Crippen molar-refractivity contribution in [1.82, 2.24) is 4.57 Å². The third kappa shape index (κ3) is 3.57. The van der Waals surface area contributed by atoms with Crippen LogP contribution in [0.4, 0.5) is 0 Å². The van der Waals surface area contributed by atoms with Gasteiger partial charge >= 0.3 is 5.97 Å². The second-order valence-electron chi connectivity index (χ2n) is 6.98. The summed E-state index contributed by atoms with van der Waals surface area (Å²) < 4.78 is 6.21. The Morgan fingerprint density at radius 1 is 1.35 bits per heavy atom. The molecule has 26 heavy (non-hydrogen) atoms. The van der Waals surface area contributed by atoms with E-state index in [0.717, 1.165) is 24.4 Å². The molecule has 0 aliphatic heterocycles. The van der Waals surface area contributed by atoms with Gasteiger partial charge in [-0.2, -0.15) is 0 Å². The number of halogens is 2. The first-order valence-corrected chi connectivity index (χ1v) is 10.1. The molecule has 4 nitrogen and oxygen atoms in total. The zero-order valence-corrected chi connectivity index (χ0v) is 17.3. The summed E-state index contributed by atoms with van der Waals surface area (Å²) in [5.41, 5.74) is 1.57. The van der Waals surface area contributed by atoms with E-state index in [1.807, 2.05) is 26.0 Å². The molecule has 0 saturated heterocycles. The average Bonchev–Trinajstić information content (AvgIpc) is 2.94. The highest BCUT2D eigenvalue weighted by Gasteiger charge is 2.69. The van der Waals surface area contributed by atoms with Gasteiger partial charge in [0, 0.05) is 34.8 Å². The molecular weight excluding hydrogens is 393 g/mol. The number of carbonyl (C=O) groups is 2. The van der Waals surface area contributed by atoms with Gasteiger partial charge in [-0.15, -0.1) is 34.5 Å². The molecule has 2 heterocycles.